The monoisotopic (exact) mass is 385 g/mol. The van der Waals surface area contributed by atoms with Crippen molar-refractivity contribution in [3.63, 3.8) is 0 Å². The van der Waals surface area contributed by atoms with Crippen LogP contribution in [0.5, 0.6) is 0 Å². The molecule has 0 aliphatic carbocycles. The summed E-state index contributed by atoms with van der Waals surface area (Å²) in [6.45, 7) is 7.68. The molecule has 0 fully saturated rings. The number of carbonyl (C=O) groups is 1. The number of benzene rings is 1. The van der Waals surface area contributed by atoms with Gasteiger partial charge in [0.1, 0.15) is 5.56 Å². The highest BCUT2D eigenvalue weighted by Gasteiger charge is 2.19. The SMILES string of the molecule is CCc1cccc(Nc2c(C(=O)OC(C)C)cnc3nc(C)ccc23)c1.Cl. The third-order valence-corrected chi connectivity index (χ3v) is 4.04. The van der Waals surface area contributed by atoms with Gasteiger partial charge < -0.3 is 10.1 Å². The second kappa shape index (κ2) is 8.82. The Balaban J connectivity index is 0.00000261. The number of hydrogen-bond acceptors (Lipinski definition) is 5. The van der Waals surface area contributed by atoms with E-state index < -0.39 is 5.97 Å². The van der Waals surface area contributed by atoms with Gasteiger partial charge in [0.25, 0.3) is 0 Å². The normalized spacial score (nSPS) is 10.6. The van der Waals surface area contributed by atoms with Crippen molar-refractivity contribution in [3.05, 3.63) is 59.4 Å². The number of aryl methyl sites for hydroxylation is 2. The van der Waals surface area contributed by atoms with Crippen LogP contribution in [0, 0.1) is 6.92 Å². The largest absolute Gasteiger partial charge is 0.459 e. The molecule has 2 aromatic heterocycles. The van der Waals surface area contributed by atoms with Gasteiger partial charge >= 0.3 is 5.97 Å². The van der Waals surface area contributed by atoms with E-state index in [0.29, 0.717) is 16.9 Å². The van der Waals surface area contributed by atoms with Crippen LogP contribution in [0.3, 0.4) is 0 Å². The maximum absolute atomic E-state index is 12.6. The lowest BCUT2D eigenvalue weighted by Gasteiger charge is -2.16. The lowest BCUT2D eigenvalue weighted by molar-refractivity contribution is 0.0379. The fraction of sp³-hybridized carbons (Fsp3) is 0.286. The first-order valence-electron chi connectivity index (χ1n) is 8.81. The molecule has 6 heteroatoms. The Kier molecular flexibility index (Phi) is 6.75. The van der Waals surface area contributed by atoms with Gasteiger partial charge in [-0.05, 0) is 57.0 Å². The molecular weight excluding hydrogens is 362 g/mol. The number of aromatic nitrogens is 2. The van der Waals surface area contributed by atoms with Crippen LogP contribution >= 0.6 is 12.4 Å². The van der Waals surface area contributed by atoms with Crippen LogP contribution in [0.1, 0.15) is 42.4 Å². The summed E-state index contributed by atoms with van der Waals surface area (Å²) in [5.74, 6) is -0.399. The Hall–Kier alpha value is -2.66. The summed E-state index contributed by atoms with van der Waals surface area (Å²) in [4.78, 5) is 21.4. The number of hydrogen-bond donors (Lipinski definition) is 1. The lowest BCUT2D eigenvalue weighted by atomic mass is 10.1. The third kappa shape index (κ3) is 4.74. The van der Waals surface area contributed by atoms with E-state index in [1.807, 2.05) is 45.0 Å². The number of nitrogens with one attached hydrogen (secondary N) is 1. The maximum Gasteiger partial charge on any atom is 0.342 e. The van der Waals surface area contributed by atoms with Gasteiger partial charge in [-0.3, -0.25) is 0 Å². The zero-order valence-electron chi connectivity index (χ0n) is 15.9. The molecule has 1 N–H and O–H groups in total. The molecule has 27 heavy (non-hydrogen) atoms. The van der Waals surface area contributed by atoms with Gasteiger partial charge in [0.15, 0.2) is 5.65 Å². The summed E-state index contributed by atoms with van der Waals surface area (Å²) in [6, 6.07) is 12.0. The van der Waals surface area contributed by atoms with E-state index >= 15 is 0 Å². The molecule has 0 aliphatic rings. The number of halogens is 1. The fourth-order valence-electron chi connectivity index (χ4n) is 2.75. The number of pyridine rings is 2. The van der Waals surface area contributed by atoms with E-state index in [2.05, 4.69) is 34.3 Å². The molecule has 142 valence electrons. The van der Waals surface area contributed by atoms with Crippen LogP contribution in [0.4, 0.5) is 11.4 Å². The first-order chi connectivity index (χ1) is 12.5. The Morgan fingerprint density at radius 1 is 1.22 bits per heavy atom. The van der Waals surface area contributed by atoms with Crippen molar-refractivity contribution in [2.45, 2.75) is 40.2 Å². The molecule has 0 radical (unpaired) electrons. The molecule has 3 aromatic rings. The van der Waals surface area contributed by atoms with Gasteiger partial charge in [-0.25, -0.2) is 14.8 Å². The van der Waals surface area contributed by atoms with Crippen molar-refractivity contribution in [3.8, 4) is 0 Å². The average Bonchev–Trinajstić information content (AvgIpc) is 2.61. The summed E-state index contributed by atoms with van der Waals surface area (Å²) < 4.78 is 5.39. The minimum absolute atomic E-state index is 0. The molecule has 5 nitrogen and oxygen atoms in total. The highest BCUT2D eigenvalue weighted by Crippen LogP contribution is 2.29. The second-order valence-corrected chi connectivity index (χ2v) is 6.50. The van der Waals surface area contributed by atoms with Gasteiger partial charge in [-0.2, -0.15) is 0 Å². The van der Waals surface area contributed by atoms with Crippen LogP contribution in [0.2, 0.25) is 0 Å². The molecule has 2 heterocycles. The maximum atomic E-state index is 12.6. The van der Waals surface area contributed by atoms with Crippen molar-refractivity contribution >= 4 is 40.8 Å². The van der Waals surface area contributed by atoms with E-state index in [1.165, 1.54) is 11.8 Å². The molecule has 1 aromatic carbocycles. The van der Waals surface area contributed by atoms with E-state index in [0.717, 1.165) is 23.2 Å². The fourth-order valence-corrected chi connectivity index (χ4v) is 2.75. The Morgan fingerprint density at radius 2 is 2.00 bits per heavy atom. The zero-order chi connectivity index (χ0) is 18.7. The summed E-state index contributed by atoms with van der Waals surface area (Å²) in [6.07, 6.45) is 2.27. The molecule has 0 atom stereocenters. The number of fused-ring (bicyclic) bond motifs is 1. The predicted octanol–water partition coefficient (Wildman–Crippen LogP) is 5.23. The van der Waals surface area contributed by atoms with Gasteiger partial charge in [0, 0.05) is 23.0 Å². The van der Waals surface area contributed by atoms with E-state index in [9.17, 15) is 4.79 Å². The van der Waals surface area contributed by atoms with Crippen molar-refractivity contribution in [2.75, 3.05) is 5.32 Å². The summed E-state index contributed by atoms with van der Waals surface area (Å²) >= 11 is 0. The molecule has 0 aliphatic heterocycles. The molecule has 0 spiro atoms. The Bertz CT molecular complexity index is 957. The number of nitrogens with zero attached hydrogens (tertiary/aromatic N) is 2. The van der Waals surface area contributed by atoms with E-state index in [-0.39, 0.29) is 18.5 Å². The first-order valence-corrected chi connectivity index (χ1v) is 8.81. The number of esters is 1. The second-order valence-electron chi connectivity index (χ2n) is 6.50. The number of rotatable bonds is 5. The van der Waals surface area contributed by atoms with Crippen LogP contribution < -0.4 is 5.32 Å². The summed E-state index contributed by atoms with van der Waals surface area (Å²) in [7, 11) is 0. The lowest BCUT2D eigenvalue weighted by Crippen LogP contribution is -2.14. The molecule has 0 amide bonds. The topological polar surface area (TPSA) is 64.1 Å². The molecule has 0 unspecified atom stereocenters. The first kappa shape index (κ1) is 20.6. The molecule has 0 saturated heterocycles. The minimum Gasteiger partial charge on any atom is -0.459 e. The smallest absolute Gasteiger partial charge is 0.342 e. The number of anilines is 2. The van der Waals surface area contributed by atoms with Crippen molar-refractivity contribution in [1.82, 2.24) is 9.97 Å². The molecular formula is C21H24ClN3O2. The average molecular weight is 386 g/mol. The summed E-state index contributed by atoms with van der Waals surface area (Å²) in [5, 5.41) is 4.17. The zero-order valence-corrected chi connectivity index (χ0v) is 16.8. The van der Waals surface area contributed by atoms with Crippen molar-refractivity contribution in [2.24, 2.45) is 0 Å². The predicted molar refractivity (Wildman–Crippen MR) is 111 cm³/mol. The number of carbonyl (C=O) groups excluding carboxylic acids is 1. The van der Waals surface area contributed by atoms with Gasteiger partial charge in [-0.15, -0.1) is 12.4 Å². The van der Waals surface area contributed by atoms with Crippen molar-refractivity contribution < 1.29 is 9.53 Å². The van der Waals surface area contributed by atoms with Crippen LogP contribution in [0.15, 0.2) is 42.6 Å². The van der Waals surface area contributed by atoms with E-state index in [1.54, 1.807) is 0 Å². The van der Waals surface area contributed by atoms with Crippen LogP contribution in [-0.4, -0.2) is 22.0 Å². The molecule has 0 bridgehead atoms. The molecule has 3 rings (SSSR count). The number of ether oxygens (including phenoxy) is 1. The van der Waals surface area contributed by atoms with Crippen LogP contribution in [-0.2, 0) is 11.2 Å². The minimum atomic E-state index is -0.399. The standard InChI is InChI=1S/C21H23N3O2.ClH/c1-5-15-7-6-8-16(11-15)24-19-17-10-9-14(4)23-20(17)22-12-18(19)21(25)26-13(2)3;/h6-13H,5H2,1-4H3,(H,22,23,24);1H. The van der Waals surface area contributed by atoms with Gasteiger partial charge in [0.2, 0.25) is 0 Å². The van der Waals surface area contributed by atoms with Gasteiger partial charge in [0.05, 0.1) is 11.8 Å². The summed E-state index contributed by atoms with van der Waals surface area (Å²) in [5.41, 5.74) is 4.67. The van der Waals surface area contributed by atoms with E-state index in [4.69, 9.17) is 4.74 Å². The third-order valence-electron chi connectivity index (χ3n) is 4.04. The van der Waals surface area contributed by atoms with Gasteiger partial charge in [-0.1, -0.05) is 19.1 Å². The highest BCUT2D eigenvalue weighted by molar-refractivity contribution is 6.05. The van der Waals surface area contributed by atoms with Crippen molar-refractivity contribution in [1.29, 1.82) is 0 Å². The van der Waals surface area contributed by atoms with Crippen LogP contribution in [0.25, 0.3) is 11.0 Å². The quantitative estimate of drug-likeness (QED) is 0.609. The Labute approximate surface area is 165 Å². The Morgan fingerprint density at radius 3 is 2.70 bits per heavy atom. The highest BCUT2D eigenvalue weighted by atomic mass is 35.5. The molecule has 0 saturated carbocycles.